The van der Waals surface area contributed by atoms with Gasteiger partial charge in [-0.1, -0.05) is 83.9 Å². The van der Waals surface area contributed by atoms with Gasteiger partial charge in [-0.05, 0) is 35.7 Å². The fraction of sp³-hybridized carbons (Fsp3) is 0.167. The molecule has 0 spiro atoms. The van der Waals surface area contributed by atoms with E-state index < -0.39 is 0 Å². The van der Waals surface area contributed by atoms with Crippen molar-refractivity contribution in [3.05, 3.63) is 106 Å². The molecule has 1 aliphatic heterocycles. The van der Waals surface area contributed by atoms with E-state index in [2.05, 4.69) is 12.1 Å². The summed E-state index contributed by atoms with van der Waals surface area (Å²) in [7, 11) is 0. The maximum absolute atomic E-state index is 12.9. The highest BCUT2D eigenvalue weighted by atomic mass is 35.5. The first-order valence-electron chi connectivity index (χ1n) is 9.35. The van der Waals surface area contributed by atoms with Crippen molar-refractivity contribution in [1.29, 1.82) is 0 Å². The summed E-state index contributed by atoms with van der Waals surface area (Å²) in [5.74, 6) is 0.0538. The second kappa shape index (κ2) is 7.99. The molecule has 0 saturated carbocycles. The largest absolute Gasteiger partial charge is 0.273 e. The van der Waals surface area contributed by atoms with Crippen molar-refractivity contribution in [3.8, 4) is 0 Å². The number of carbonyl (C=O) groups excluding carboxylic acids is 1. The molecule has 0 aromatic heterocycles. The molecule has 0 saturated heterocycles. The molecular formula is C24H21ClN2O. The highest BCUT2D eigenvalue weighted by molar-refractivity contribution is 6.30. The summed E-state index contributed by atoms with van der Waals surface area (Å²) in [5.41, 5.74) is 5.23. The van der Waals surface area contributed by atoms with Crippen LogP contribution in [-0.2, 0) is 11.2 Å². The van der Waals surface area contributed by atoms with Gasteiger partial charge in [0.15, 0.2) is 0 Å². The fourth-order valence-corrected chi connectivity index (χ4v) is 3.58. The topological polar surface area (TPSA) is 32.7 Å². The zero-order valence-corrected chi connectivity index (χ0v) is 16.4. The summed E-state index contributed by atoms with van der Waals surface area (Å²) in [5, 5.41) is 7.02. The maximum atomic E-state index is 12.9. The van der Waals surface area contributed by atoms with Crippen molar-refractivity contribution < 1.29 is 4.79 Å². The highest BCUT2D eigenvalue weighted by Crippen LogP contribution is 2.29. The predicted octanol–water partition coefficient (Wildman–Crippen LogP) is 5.22. The molecule has 1 heterocycles. The van der Waals surface area contributed by atoms with Crippen molar-refractivity contribution in [1.82, 2.24) is 5.01 Å². The monoisotopic (exact) mass is 388 g/mol. The lowest BCUT2D eigenvalue weighted by Gasteiger charge is -2.15. The van der Waals surface area contributed by atoms with Gasteiger partial charge in [-0.25, -0.2) is 5.01 Å². The Bertz CT molecular complexity index is 995. The molecule has 4 heteroatoms. The van der Waals surface area contributed by atoms with Crippen molar-refractivity contribution in [2.24, 2.45) is 5.10 Å². The molecule has 0 N–H and O–H groups in total. The molecule has 28 heavy (non-hydrogen) atoms. The van der Waals surface area contributed by atoms with Crippen molar-refractivity contribution in [2.75, 3.05) is 6.54 Å². The summed E-state index contributed by atoms with van der Waals surface area (Å²) in [4.78, 5) is 12.9. The Morgan fingerprint density at radius 3 is 2.36 bits per heavy atom. The molecule has 1 aliphatic rings. The van der Waals surface area contributed by atoms with E-state index >= 15 is 0 Å². The second-order valence-electron chi connectivity index (χ2n) is 7.09. The first-order chi connectivity index (χ1) is 13.6. The molecule has 0 radical (unpaired) electrons. The van der Waals surface area contributed by atoms with E-state index in [1.807, 2.05) is 73.7 Å². The summed E-state index contributed by atoms with van der Waals surface area (Å²) in [6.07, 6.45) is 0.346. The molecule has 1 amide bonds. The molecule has 0 bridgehead atoms. The van der Waals surface area contributed by atoms with Gasteiger partial charge in [0.05, 0.1) is 18.7 Å². The minimum atomic E-state index is 0.00810. The van der Waals surface area contributed by atoms with E-state index in [9.17, 15) is 4.79 Å². The Kier molecular flexibility index (Phi) is 5.27. The third kappa shape index (κ3) is 4.00. The molecule has 3 aromatic carbocycles. The Hall–Kier alpha value is -2.91. The van der Waals surface area contributed by atoms with Crippen molar-refractivity contribution in [3.63, 3.8) is 0 Å². The van der Waals surface area contributed by atoms with Gasteiger partial charge in [0, 0.05) is 10.9 Å². The van der Waals surface area contributed by atoms with Crippen LogP contribution in [0.2, 0.25) is 5.02 Å². The number of nitrogens with zero attached hydrogens (tertiary/aromatic N) is 2. The van der Waals surface area contributed by atoms with Crippen LogP contribution >= 0.6 is 11.6 Å². The summed E-state index contributed by atoms with van der Waals surface area (Å²) in [6, 6.07) is 25.9. The lowest BCUT2D eigenvalue weighted by Crippen LogP contribution is -2.27. The molecular weight excluding hydrogens is 368 g/mol. The molecule has 0 unspecified atom stereocenters. The minimum Gasteiger partial charge on any atom is -0.273 e. The van der Waals surface area contributed by atoms with Crippen LogP contribution in [0, 0.1) is 6.92 Å². The Morgan fingerprint density at radius 2 is 1.68 bits per heavy atom. The third-order valence-electron chi connectivity index (χ3n) is 5.02. The molecule has 3 nitrogen and oxygen atoms in total. The number of amides is 1. The van der Waals surface area contributed by atoms with E-state index in [1.54, 1.807) is 5.01 Å². The van der Waals surface area contributed by atoms with Crippen LogP contribution in [0.1, 0.15) is 28.2 Å². The van der Waals surface area contributed by atoms with Crippen LogP contribution in [0.3, 0.4) is 0 Å². The zero-order chi connectivity index (χ0) is 19.5. The standard InChI is InChI=1S/C24H21ClN2O/c1-17-7-9-18(10-8-17)15-23(28)27-16-22(19-5-3-2-4-6-19)24(26-27)20-11-13-21(25)14-12-20/h2-14,22H,15-16H2,1H3/t22-/m1/s1. The van der Waals surface area contributed by atoms with E-state index in [4.69, 9.17) is 16.7 Å². The van der Waals surface area contributed by atoms with Gasteiger partial charge in [0.1, 0.15) is 0 Å². The third-order valence-corrected chi connectivity index (χ3v) is 5.27. The van der Waals surface area contributed by atoms with Crippen LogP contribution in [0.15, 0.2) is 84.0 Å². The number of rotatable bonds is 4. The van der Waals surface area contributed by atoms with Gasteiger partial charge in [0.2, 0.25) is 5.91 Å². The summed E-state index contributed by atoms with van der Waals surface area (Å²) < 4.78 is 0. The van der Waals surface area contributed by atoms with Gasteiger partial charge in [-0.3, -0.25) is 4.79 Å². The van der Waals surface area contributed by atoms with E-state index in [0.29, 0.717) is 18.0 Å². The number of halogens is 1. The van der Waals surface area contributed by atoms with E-state index in [0.717, 1.165) is 22.4 Å². The number of benzene rings is 3. The quantitative estimate of drug-likeness (QED) is 0.603. The Balaban J connectivity index is 1.62. The number of hydrazone groups is 1. The SMILES string of the molecule is Cc1ccc(CC(=O)N2C[C@H](c3ccccc3)C(c3ccc(Cl)cc3)=N2)cc1. The van der Waals surface area contributed by atoms with Gasteiger partial charge >= 0.3 is 0 Å². The van der Waals surface area contributed by atoms with Crippen LogP contribution in [0.4, 0.5) is 0 Å². The maximum Gasteiger partial charge on any atom is 0.247 e. The average Bonchev–Trinajstić information content (AvgIpc) is 3.16. The minimum absolute atomic E-state index is 0.00810. The first-order valence-corrected chi connectivity index (χ1v) is 9.73. The van der Waals surface area contributed by atoms with Crippen LogP contribution < -0.4 is 0 Å². The normalized spacial score (nSPS) is 16.1. The molecule has 3 aromatic rings. The van der Waals surface area contributed by atoms with Crippen molar-refractivity contribution in [2.45, 2.75) is 19.3 Å². The van der Waals surface area contributed by atoms with Crippen LogP contribution in [0.5, 0.6) is 0 Å². The summed E-state index contributed by atoms with van der Waals surface area (Å²) >= 11 is 6.05. The molecule has 1 atom stereocenters. The number of carbonyl (C=O) groups is 1. The Labute approximate surface area is 170 Å². The van der Waals surface area contributed by atoms with Crippen LogP contribution in [0.25, 0.3) is 0 Å². The van der Waals surface area contributed by atoms with Gasteiger partial charge in [0.25, 0.3) is 0 Å². The number of hydrogen-bond acceptors (Lipinski definition) is 2. The lowest BCUT2D eigenvalue weighted by atomic mass is 9.90. The zero-order valence-electron chi connectivity index (χ0n) is 15.7. The molecule has 140 valence electrons. The molecule has 0 aliphatic carbocycles. The fourth-order valence-electron chi connectivity index (χ4n) is 3.46. The molecule has 4 rings (SSSR count). The van der Waals surface area contributed by atoms with E-state index in [-0.39, 0.29) is 11.8 Å². The van der Waals surface area contributed by atoms with Crippen LogP contribution in [-0.4, -0.2) is 23.2 Å². The smallest absolute Gasteiger partial charge is 0.247 e. The first kappa shape index (κ1) is 18.5. The molecule has 0 fully saturated rings. The number of aryl methyl sites for hydroxylation is 1. The predicted molar refractivity (Wildman–Crippen MR) is 114 cm³/mol. The van der Waals surface area contributed by atoms with Gasteiger partial charge in [-0.2, -0.15) is 5.10 Å². The second-order valence-corrected chi connectivity index (χ2v) is 7.53. The number of hydrogen-bond donors (Lipinski definition) is 0. The average molecular weight is 389 g/mol. The van der Waals surface area contributed by atoms with Gasteiger partial charge in [-0.15, -0.1) is 0 Å². The highest BCUT2D eigenvalue weighted by Gasteiger charge is 2.32. The van der Waals surface area contributed by atoms with Crippen molar-refractivity contribution >= 4 is 23.2 Å². The van der Waals surface area contributed by atoms with E-state index in [1.165, 1.54) is 5.56 Å². The lowest BCUT2D eigenvalue weighted by molar-refractivity contribution is -0.130. The van der Waals surface area contributed by atoms with Gasteiger partial charge < -0.3 is 0 Å². The summed E-state index contributed by atoms with van der Waals surface area (Å²) in [6.45, 7) is 2.59. The Morgan fingerprint density at radius 1 is 1.00 bits per heavy atom.